The number of benzene rings is 3. The molecule has 1 N–H and O–H groups in total. The summed E-state index contributed by atoms with van der Waals surface area (Å²) in [5.74, 6) is 2.77. The van der Waals surface area contributed by atoms with Crippen molar-refractivity contribution in [3.63, 3.8) is 0 Å². The second-order valence-electron chi connectivity index (χ2n) is 11.2. The lowest BCUT2D eigenvalue weighted by Gasteiger charge is -2.36. The smallest absolute Gasteiger partial charge is 0.165 e. The second-order valence-corrected chi connectivity index (χ2v) is 12.3. The fraction of sp³-hybridized carbons (Fsp3) is 0.378. The van der Waals surface area contributed by atoms with Gasteiger partial charge in [0, 0.05) is 47.7 Å². The monoisotopic (exact) mass is 595 g/mol. The van der Waals surface area contributed by atoms with Gasteiger partial charge in [-0.05, 0) is 60.6 Å². The predicted molar refractivity (Wildman–Crippen MR) is 178 cm³/mol. The molecule has 1 unspecified atom stereocenters. The molecule has 1 aromatic heterocycles. The Labute approximate surface area is 262 Å². The van der Waals surface area contributed by atoms with Crippen LogP contribution in [-0.2, 0) is 26.1 Å². The minimum Gasteiger partial charge on any atom is -0.485 e. The van der Waals surface area contributed by atoms with Gasteiger partial charge in [0.15, 0.2) is 11.5 Å². The highest BCUT2D eigenvalue weighted by Crippen LogP contribution is 2.39. The van der Waals surface area contributed by atoms with Gasteiger partial charge < -0.3 is 9.47 Å². The zero-order valence-electron chi connectivity index (χ0n) is 25.4. The lowest BCUT2D eigenvalue weighted by molar-refractivity contribution is 0.112. The summed E-state index contributed by atoms with van der Waals surface area (Å²) in [6, 6.07) is 29.8. The van der Waals surface area contributed by atoms with Crippen LogP contribution < -0.4 is 14.9 Å². The lowest BCUT2D eigenvalue weighted by atomic mass is 9.87. The molecule has 0 saturated carbocycles. The van der Waals surface area contributed by atoms with Crippen LogP contribution in [0.15, 0.2) is 102 Å². The Morgan fingerprint density at radius 2 is 1.56 bits per heavy atom. The van der Waals surface area contributed by atoms with Crippen molar-refractivity contribution in [3.8, 4) is 11.5 Å². The number of nitrogens with zero attached hydrogens (tertiary/aromatic N) is 2. The molecule has 1 heterocycles. The van der Waals surface area contributed by atoms with Gasteiger partial charge in [-0.15, -0.1) is 11.8 Å². The molecule has 0 aliphatic heterocycles. The first-order valence-corrected chi connectivity index (χ1v) is 16.8. The van der Waals surface area contributed by atoms with E-state index in [1.165, 1.54) is 41.7 Å². The first-order chi connectivity index (χ1) is 21.3. The number of unbranched alkanes of at least 4 members (excludes halogenated alkanes) is 3. The summed E-state index contributed by atoms with van der Waals surface area (Å²) in [4.78, 5) is 5.41. The molecule has 0 spiro atoms. The van der Waals surface area contributed by atoms with Crippen LogP contribution in [0.25, 0.3) is 0 Å². The molecular formula is C37H45N3O2S. The summed E-state index contributed by atoms with van der Waals surface area (Å²) in [5.41, 5.74) is 8.81. The third-order valence-electron chi connectivity index (χ3n) is 8.00. The van der Waals surface area contributed by atoms with E-state index in [-0.39, 0.29) is 0 Å². The molecule has 5 rings (SSSR count). The van der Waals surface area contributed by atoms with E-state index in [0.717, 1.165) is 60.7 Å². The van der Waals surface area contributed by atoms with Gasteiger partial charge in [0.2, 0.25) is 0 Å². The number of aromatic nitrogens is 1. The highest BCUT2D eigenvalue weighted by Gasteiger charge is 2.28. The Hall–Kier alpha value is -3.32. The molecule has 3 aromatic carbocycles. The molecule has 6 heteroatoms. The van der Waals surface area contributed by atoms with E-state index in [1.807, 2.05) is 36.3 Å². The van der Waals surface area contributed by atoms with E-state index in [9.17, 15) is 0 Å². The van der Waals surface area contributed by atoms with Crippen molar-refractivity contribution in [2.24, 2.45) is 0 Å². The average molecular weight is 596 g/mol. The van der Waals surface area contributed by atoms with E-state index in [4.69, 9.17) is 9.47 Å². The van der Waals surface area contributed by atoms with Crippen LogP contribution >= 0.6 is 11.8 Å². The minimum absolute atomic E-state index is 0.457. The van der Waals surface area contributed by atoms with Gasteiger partial charge in [0.1, 0.15) is 13.2 Å². The van der Waals surface area contributed by atoms with E-state index in [2.05, 4.69) is 95.1 Å². The summed E-state index contributed by atoms with van der Waals surface area (Å²) in [6.07, 6.45) is 11.9. The number of hydrogen-bond acceptors (Lipinski definition) is 6. The summed E-state index contributed by atoms with van der Waals surface area (Å²) < 4.78 is 12.9. The zero-order valence-corrected chi connectivity index (χ0v) is 26.2. The van der Waals surface area contributed by atoms with Crippen molar-refractivity contribution in [1.82, 2.24) is 15.4 Å². The van der Waals surface area contributed by atoms with Gasteiger partial charge in [0.05, 0.1) is 0 Å². The van der Waals surface area contributed by atoms with E-state index >= 15 is 0 Å². The van der Waals surface area contributed by atoms with E-state index < -0.39 is 0 Å². The number of rotatable bonds is 17. The number of thioether (sulfide) groups is 1. The van der Waals surface area contributed by atoms with Crippen LogP contribution in [0.5, 0.6) is 11.5 Å². The molecule has 1 aliphatic rings. The Kier molecular flexibility index (Phi) is 12.4. The first-order valence-electron chi connectivity index (χ1n) is 15.8. The van der Waals surface area contributed by atoms with E-state index in [1.54, 1.807) is 0 Å². The number of hydrogen-bond donors (Lipinski definition) is 1. The molecular weight excluding hydrogens is 550 g/mol. The van der Waals surface area contributed by atoms with Crippen LogP contribution in [0.2, 0.25) is 0 Å². The highest BCUT2D eigenvalue weighted by molar-refractivity contribution is 7.99. The van der Waals surface area contributed by atoms with Crippen molar-refractivity contribution in [2.75, 3.05) is 18.8 Å². The Morgan fingerprint density at radius 3 is 2.28 bits per heavy atom. The van der Waals surface area contributed by atoms with Crippen molar-refractivity contribution in [1.29, 1.82) is 0 Å². The average Bonchev–Trinajstić information content (AvgIpc) is 3.07. The van der Waals surface area contributed by atoms with Gasteiger partial charge in [-0.1, -0.05) is 92.9 Å². The molecule has 4 aromatic rings. The van der Waals surface area contributed by atoms with Crippen LogP contribution in [0, 0.1) is 0 Å². The predicted octanol–water partition coefficient (Wildman–Crippen LogP) is 8.28. The van der Waals surface area contributed by atoms with Crippen molar-refractivity contribution >= 4 is 11.8 Å². The van der Waals surface area contributed by atoms with Crippen molar-refractivity contribution in [3.05, 3.63) is 120 Å². The molecule has 0 amide bonds. The Bertz CT molecular complexity index is 1350. The van der Waals surface area contributed by atoms with Gasteiger partial charge in [-0.25, -0.2) is 5.01 Å². The second kappa shape index (κ2) is 17.1. The fourth-order valence-corrected chi connectivity index (χ4v) is 6.42. The maximum absolute atomic E-state index is 6.56. The summed E-state index contributed by atoms with van der Waals surface area (Å²) >= 11 is 1.88. The first kappa shape index (κ1) is 31.1. The van der Waals surface area contributed by atoms with Crippen molar-refractivity contribution in [2.45, 2.75) is 76.0 Å². The molecule has 0 radical (unpaired) electrons. The third-order valence-corrected chi connectivity index (χ3v) is 9.01. The summed E-state index contributed by atoms with van der Waals surface area (Å²) in [5, 5.41) is 2.54. The molecule has 1 atom stereocenters. The lowest BCUT2D eigenvalue weighted by Crippen LogP contribution is -2.49. The number of fused-ring (bicyclic) bond motifs is 1. The highest BCUT2D eigenvalue weighted by atomic mass is 32.2. The summed E-state index contributed by atoms with van der Waals surface area (Å²) in [7, 11) is 0. The van der Waals surface area contributed by atoms with Crippen LogP contribution in [0.3, 0.4) is 0 Å². The molecule has 0 bridgehead atoms. The SMILES string of the molecule is CCCCCCN(NCCSc1ccncc1)C1CCc2c(ccc(OCc3ccccc3)c2OCc2ccccc2)C1. The number of ether oxygens (including phenoxy) is 2. The standard InChI is InChI=1S/C37H45N3O2S/c1-2-3-4-11-25-40(39-24-26-43-34-20-22-38-23-21-34)33-17-18-35-32(27-33)16-19-36(41-28-30-12-7-5-8-13-30)37(35)42-29-31-14-9-6-10-15-31/h5-10,12-16,19-23,33,39H,2-4,11,17-18,24-29H2,1H3. The molecule has 226 valence electrons. The quantitative estimate of drug-likeness (QED) is 0.0753. The molecule has 0 fully saturated rings. The topological polar surface area (TPSA) is 46.6 Å². The molecule has 1 aliphatic carbocycles. The third kappa shape index (κ3) is 9.59. The summed E-state index contributed by atoms with van der Waals surface area (Å²) in [6.45, 7) is 5.36. The van der Waals surface area contributed by atoms with Gasteiger partial charge in [-0.2, -0.15) is 0 Å². The Morgan fingerprint density at radius 1 is 0.837 bits per heavy atom. The Balaban J connectivity index is 1.28. The van der Waals surface area contributed by atoms with Crippen LogP contribution in [0.1, 0.15) is 61.3 Å². The van der Waals surface area contributed by atoms with Crippen molar-refractivity contribution < 1.29 is 9.47 Å². The molecule has 5 nitrogen and oxygen atoms in total. The minimum atomic E-state index is 0.457. The van der Waals surface area contributed by atoms with Crippen LogP contribution in [0.4, 0.5) is 0 Å². The van der Waals surface area contributed by atoms with Gasteiger partial charge in [0.25, 0.3) is 0 Å². The number of pyridine rings is 1. The zero-order chi connectivity index (χ0) is 29.5. The maximum atomic E-state index is 6.56. The largest absolute Gasteiger partial charge is 0.485 e. The molecule has 0 saturated heterocycles. The number of nitrogens with one attached hydrogen (secondary N) is 1. The van der Waals surface area contributed by atoms with E-state index in [0.29, 0.717) is 19.3 Å². The molecule has 43 heavy (non-hydrogen) atoms. The van der Waals surface area contributed by atoms with Gasteiger partial charge >= 0.3 is 0 Å². The van der Waals surface area contributed by atoms with Crippen LogP contribution in [-0.4, -0.2) is 34.9 Å². The number of hydrazine groups is 1. The maximum Gasteiger partial charge on any atom is 0.165 e. The van der Waals surface area contributed by atoms with Gasteiger partial charge in [-0.3, -0.25) is 10.4 Å². The fourth-order valence-electron chi connectivity index (χ4n) is 5.67. The normalized spacial score (nSPS) is 14.4.